The Labute approximate surface area is 130 Å². The second-order valence-corrected chi connectivity index (χ2v) is 5.83. The van der Waals surface area contributed by atoms with Gasteiger partial charge in [0.05, 0.1) is 12.5 Å². The molecule has 0 N–H and O–H groups in total. The van der Waals surface area contributed by atoms with Crippen molar-refractivity contribution >= 4 is 11.8 Å². The first kappa shape index (κ1) is 15.0. The molecule has 2 amide bonds. The molecule has 1 aromatic heterocycles. The fraction of sp³-hybridized carbons (Fsp3) is 0.562. The minimum atomic E-state index is -0.220. The number of likely N-dealkylation sites (tertiary alicyclic amines) is 1. The van der Waals surface area contributed by atoms with Crippen LogP contribution in [0.25, 0.3) is 0 Å². The molecule has 0 bridgehead atoms. The number of ether oxygens (including phenoxy) is 1. The van der Waals surface area contributed by atoms with Gasteiger partial charge in [0.15, 0.2) is 0 Å². The highest BCUT2D eigenvalue weighted by Crippen LogP contribution is 2.22. The Bertz CT molecular complexity index is 527. The van der Waals surface area contributed by atoms with Crippen LogP contribution >= 0.6 is 0 Å². The summed E-state index contributed by atoms with van der Waals surface area (Å²) in [4.78, 5) is 32.4. The smallest absolute Gasteiger partial charge is 0.228 e. The molecule has 1 aromatic rings. The summed E-state index contributed by atoms with van der Waals surface area (Å²) in [7, 11) is 0. The van der Waals surface area contributed by atoms with Crippen LogP contribution in [-0.4, -0.2) is 59.4 Å². The van der Waals surface area contributed by atoms with Gasteiger partial charge in [0.1, 0.15) is 0 Å². The lowest BCUT2D eigenvalue weighted by Crippen LogP contribution is -2.38. The van der Waals surface area contributed by atoms with E-state index in [1.807, 2.05) is 17.0 Å². The van der Waals surface area contributed by atoms with Crippen LogP contribution in [-0.2, 0) is 20.9 Å². The molecule has 2 saturated heterocycles. The standard InChI is InChI=1S/C16H21N3O3/c20-15-9-14(16(21)18-5-2-7-22-8-6-18)12-19(15)11-13-3-1-4-17-10-13/h1,3-4,10,14H,2,5-9,11-12H2/t14-/m0/s1. The van der Waals surface area contributed by atoms with Crippen LogP contribution in [0.15, 0.2) is 24.5 Å². The molecule has 0 radical (unpaired) electrons. The van der Waals surface area contributed by atoms with Crippen molar-refractivity contribution in [3.05, 3.63) is 30.1 Å². The number of rotatable bonds is 3. The molecule has 0 spiro atoms. The van der Waals surface area contributed by atoms with Gasteiger partial charge in [0.2, 0.25) is 11.8 Å². The average molecular weight is 303 g/mol. The molecule has 2 aliphatic heterocycles. The average Bonchev–Trinajstić information content (AvgIpc) is 2.76. The van der Waals surface area contributed by atoms with Gasteiger partial charge in [-0.05, 0) is 18.1 Å². The Kier molecular flexibility index (Phi) is 4.68. The number of hydrogen-bond acceptors (Lipinski definition) is 4. The second kappa shape index (κ2) is 6.87. The minimum Gasteiger partial charge on any atom is -0.380 e. The van der Waals surface area contributed by atoms with E-state index < -0.39 is 0 Å². The van der Waals surface area contributed by atoms with Crippen molar-refractivity contribution in [3.8, 4) is 0 Å². The van der Waals surface area contributed by atoms with Crippen LogP contribution in [0.2, 0.25) is 0 Å². The van der Waals surface area contributed by atoms with Crippen molar-refractivity contribution in [2.75, 3.05) is 32.8 Å². The van der Waals surface area contributed by atoms with Crippen molar-refractivity contribution in [2.24, 2.45) is 5.92 Å². The number of carbonyl (C=O) groups excluding carboxylic acids is 2. The second-order valence-electron chi connectivity index (χ2n) is 5.83. The zero-order chi connectivity index (χ0) is 15.4. The molecular formula is C16H21N3O3. The largest absolute Gasteiger partial charge is 0.380 e. The molecule has 6 heteroatoms. The van der Waals surface area contributed by atoms with E-state index in [2.05, 4.69) is 4.98 Å². The van der Waals surface area contributed by atoms with Crippen LogP contribution in [0, 0.1) is 5.92 Å². The van der Waals surface area contributed by atoms with Gasteiger partial charge in [-0.2, -0.15) is 0 Å². The lowest BCUT2D eigenvalue weighted by atomic mass is 10.1. The topological polar surface area (TPSA) is 62.7 Å². The third-order valence-electron chi connectivity index (χ3n) is 4.19. The number of amides is 2. The lowest BCUT2D eigenvalue weighted by molar-refractivity contribution is -0.135. The van der Waals surface area contributed by atoms with Gasteiger partial charge in [0, 0.05) is 51.6 Å². The normalized spacial score (nSPS) is 22.7. The molecule has 1 atom stereocenters. The predicted molar refractivity (Wildman–Crippen MR) is 79.8 cm³/mol. The lowest BCUT2D eigenvalue weighted by Gasteiger charge is -2.23. The van der Waals surface area contributed by atoms with Crippen LogP contribution < -0.4 is 0 Å². The van der Waals surface area contributed by atoms with Crippen molar-refractivity contribution < 1.29 is 14.3 Å². The van der Waals surface area contributed by atoms with Gasteiger partial charge < -0.3 is 14.5 Å². The van der Waals surface area contributed by atoms with E-state index in [0.29, 0.717) is 39.3 Å². The highest BCUT2D eigenvalue weighted by molar-refractivity contribution is 5.89. The van der Waals surface area contributed by atoms with E-state index in [4.69, 9.17) is 4.74 Å². The van der Waals surface area contributed by atoms with Gasteiger partial charge in [-0.3, -0.25) is 14.6 Å². The van der Waals surface area contributed by atoms with E-state index in [1.54, 1.807) is 17.3 Å². The Morgan fingerprint density at radius 3 is 3.09 bits per heavy atom. The molecule has 22 heavy (non-hydrogen) atoms. The zero-order valence-electron chi connectivity index (χ0n) is 12.6. The Hall–Kier alpha value is -1.95. The molecule has 3 heterocycles. The van der Waals surface area contributed by atoms with E-state index in [9.17, 15) is 9.59 Å². The molecular weight excluding hydrogens is 282 g/mol. The summed E-state index contributed by atoms with van der Waals surface area (Å²) in [5, 5.41) is 0. The summed E-state index contributed by atoms with van der Waals surface area (Å²) in [6, 6.07) is 3.80. The van der Waals surface area contributed by atoms with Crippen LogP contribution in [0.3, 0.4) is 0 Å². The number of carbonyl (C=O) groups is 2. The highest BCUT2D eigenvalue weighted by atomic mass is 16.5. The Morgan fingerprint density at radius 1 is 1.36 bits per heavy atom. The van der Waals surface area contributed by atoms with Crippen molar-refractivity contribution in [1.29, 1.82) is 0 Å². The number of hydrogen-bond donors (Lipinski definition) is 0. The minimum absolute atomic E-state index is 0.0493. The molecule has 3 rings (SSSR count). The molecule has 0 aliphatic carbocycles. The Morgan fingerprint density at radius 2 is 2.27 bits per heavy atom. The van der Waals surface area contributed by atoms with Crippen LogP contribution in [0.1, 0.15) is 18.4 Å². The van der Waals surface area contributed by atoms with E-state index in [1.165, 1.54) is 0 Å². The fourth-order valence-electron chi connectivity index (χ4n) is 3.03. The van der Waals surface area contributed by atoms with Gasteiger partial charge >= 0.3 is 0 Å². The third kappa shape index (κ3) is 3.44. The molecule has 2 fully saturated rings. The number of aromatic nitrogens is 1. The van der Waals surface area contributed by atoms with Gasteiger partial charge in [-0.15, -0.1) is 0 Å². The van der Waals surface area contributed by atoms with E-state index in [-0.39, 0.29) is 17.7 Å². The summed E-state index contributed by atoms with van der Waals surface area (Å²) >= 11 is 0. The van der Waals surface area contributed by atoms with E-state index in [0.717, 1.165) is 18.5 Å². The van der Waals surface area contributed by atoms with Crippen molar-refractivity contribution in [2.45, 2.75) is 19.4 Å². The maximum Gasteiger partial charge on any atom is 0.228 e. The van der Waals surface area contributed by atoms with Crippen LogP contribution in [0.5, 0.6) is 0 Å². The monoisotopic (exact) mass is 303 g/mol. The molecule has 0 saturated carbocycles. The first-order valence-electron chi connectivity index (χ1n) is 7.77. The molecule has 0 unspecified atom stereocenters. The number of pyridine rings is 1. The first-order valence-corrected chi connectivity index (χ1v) is 7.77. The molecule has 0 aromatic carbocycles. The van der Waals surface area contributed by atoms with Gasteiger partial charge in [-0.25, -0.2) is 0 Å². The first-order chi connectivity index (χ1) is 10.7. The molecule has 118 valence electrons. The Balaban J connectivity index is 1.60. The van der Waals surface area contributed by atoms with Gasteiger partial charge in [0.25, 0.3) is 0 Å². The summed E-state index contributed by atoms with van der Waals surface area (Å²) in [5.41, 5.74) is 0.993. The molecule has 2 aliphatic rings. The summed E-state index contributed by atoms with van der Waals surface area (Å²) < 4.78 is 5.38. The third-order valence-corrected chi connectivity index (χ3v) is 4.19. The summed E-state index contributed by atoms with van der Waals surface area (Å²) in [6.45, 7) is 3.69. The SMILES string of the molecule is O=C1C[C@H](C(=O)N2CCCOCC2)CN1Cc1cccnc1. The fourth-order valence-corrected chi connectivity index (χ4v) is 3.03. The van der Waals surface area contributed by atoms with Crippen molar-refractivity contribution in [1.82, 2.24) is 14.8 Å². The van der Waals surface area contributed by atoms with Crippen molar-refractivity contribution in [3.63, 3.8) is 0 Å². The highest BCUT2D eigenvalue weighted by Gasteiger charge is 2.36. The predicted octanol–water partition coefficient (Wildman–Crippen LogP) is 0.679. The summed E-state index contributed by atoms with van der Waals surface area (Å²) in [6.07, 6.45) is 4.65. The van der Waals surface area contributed by atoms with Gasteiger partial charge in [-0.1, -0.05) is 6.07 Å². The van der Waals surface area contributed by atoms with E-state index >= 15 is 0 Å². The maximum atomic E-state index is 12.6. The summed E-state index contributed by atoms with van der Waals surface area (Å²) in [5.74, 6) is -0.0805. The molecule has 6 nitrogen and oxygen atoms in total. The zero-order valence-corrected chi connectivity index (χ0v) is 12.6. The maximum absolute atomic E-state index is 12.6. The van der Waals surface area contributed by atoms with Crippen LogP contribution in [0.4, 0.5) is 0 Å². The quantitative estimate of drug-likeness (QED) is 0.824. The number of nitrogens with zero attached hydrogens (tertiary/aromatic N) is 3.